The summed E-state index contributed by atoms with van der Waals surface area (Å²) >= 11 is 0. The minimum Gasteiger partial charge on any atom is -0.106 e. The van der Waals surface area contributed by atoms with E-state index in [1.165, 1.54) is 11.7 Å². The van der Waals surface area contributed by atoms with Gasteiger partial charge in [-0.15, -0.1) is 9.24 Å². The molecule has 0 fully saturated rings. The van der Waals surface area contributed by atoms with Crippen molar-refractivity contribution in [3.05, 3.63) is 30.3 Å². The Kier molecular flexibility index (Phi) is 6.53. The van der Waals surface area contributed by atoms with Crippen LogP contribution in [-0.4, -0.2) is 0 Å². The summed E-state index contributed by atoms with van der Waals surface area (Å²) in [6.45, 7) is 4.25. The molecule has 0 aliphatic carbocycles. The first-order valence-electron chi connectivity index (χ1n) is 3.61. The molecular formula is C9H15P. The molecule has 1 aromatic carbocycles. The van der Waals surface area contributed by atoms with Crippen LogP contribution < -0.4 is 5.30 Å². The Morgan fingerprint density at radius 1 is 1.10 bits per heavy atom. The van der Waals surface area contributed by atoms with E-state index in [9.17, 15) is 0 Å². The summed E-state index contributed by atoms with van der Waals surface area (Å²) in [6, 6.07) is 10.1. The highest BCUT2D eigenvalue weighted by Gasteiger charge is 1.72. The average Bonchev–Trinajstić information content (AvgIpc) is 1.91. The second-order valence-electron chi connectivity index (χ2n) is 2.12. The van der Waals surface area contributed by atoms with Gasteiger partial charge in [-0.05, 0) is 5.30 Å². The molecule has 0 aromatic heterocycles. The molecule has 0 saturated heterocycles. The smallest absolute Gasteiger partial charge is 0.0303 e. The molecule has 0 radical (unpaired) electrons. The van der Waals surface area contributed by atoms with E-state index in [0.29, 0.717) is 0 Å². The quantitative estimate of drug-likeness (QED) is 0.504. The van der Waals surface area contributed by atoms with Crippen LogP contribution in [0.4, 0.5) is 0 Å². The summed E-state index contributed by atoms with van der Waals surface area (Å²) < 4.78 is 0. The third-order valence-corrected chi connectivity index (χ3v) is 1.18. The predicted molar refractivity (Wildman–Crippen MR) is 51.8 cm³/mol. The molecule has 0 saturated carbocycles. The van der Waals surface area contributed by atoms with E-state index in [2.05, 4.69) is 23.1 Å². The summed E-state index contributed by atoms with van der Waals surface area (Å²) in [5, 5.41) is 1.24. The predicted octanol–water partition coefficient (Wildman–Crippen LogP) is 2.60. The van der Waals surface area contributed by atoms with Gasteiger partial charge in [-0.2, -0.15) is 0 Å². The Bertz CT molecular complexity index is 146. The van der Waals surface area contributed by atoms with Gasteiger partial charge in [0.2, 0.25) is 0 Å². The standard InChI is InChI=1S/C6H7P.C3H8/c7-6-4-2-1-3-5-6;1-3-2/h1-5H,7H2;3H2,1-2H3. The normalized spacial score (nSPS) is 7.90. The van der Waals surface area contributed by atoms with Gasteiger partial charge in [0.1, 0.15) is 0 Å². The Labute approximate surface area is 65.9 Å². The average molecular weight is 154 g/mol. The van der Waals surface area contributed by atoms with E-state index in [0.717, 1.165) is 0 Å². The van der Waals surface area contributed by atoms with Gasteiger partial charge in [0.05, 0.1) is 0 Å². The minimum atomic E-state index is 1.24. The molecule has 10 heavy (non-hydrogen) atoms. The van der Waals surface area contributed by atoms with Crippen molar-refractivity contribution < 1.29 is 0 Å². The zero-order chi connectivity index (χ0) is 7.82. The number of hydrogen-bond acceptors (Lipinski definition) is 0. The fraction of sp³-hybridized carbons (Fsp3) is 0.333. The second kappa shape index (κ2) is 6.77. The van der Waals surface area contributed by atoms with Crippen molar-refractivity contribution in [1.82, 2.24) is 0 Å². The highest BCUT2D eigenvalue weighted by Crippen LogP contribution is 1.86. The van der Waals surface area contributed by atoms with Crippen LogP contribution in [0, 0.1) is 0 Å². The molecule has 56 valence electrons. The molecule has 1 heteroatoms. The lowest BCUT2D eigenvalue weighted by Gasteiger charge is -1.82. The van der Waals surface area contributed by atoms with E-state index < -0.39 is 0 Å². The van der Waals surface area contributed by atoms with Crippen molar-refractivity contribution in [1.29, 1.82) is 0 Å². The van der Waals surface area contributed by atoms with E-state index in [1.807, 2.05) is 30.3 Å². The summed E-state index contributed by atoms with van der Waals surface area (Å²) in [6.07, 6.45) is 1.25. The molecule has 1 atom stereocenters. The maximum atomic E-state index is 2.63. The Balaban J connectivity index is 0.000000236. The molecule has 0 nitrogen and oxygen atoms in total. The van der Waals surface area contributed by atoms with Crippen molar-refractivity contribution in [3.63, 3.8) is 0 Å². The molecule has 1 aromatic rings. The maximum absolute atomic E-state index is 2.63. The second-order valence-corrected chi connectivity index (χ2v) is 2.78. The molecule has 0 N–H and O–H groups in total. The van der Waals surface area contributed by atoms with Crippen LogP contribution in [0.1, 0.15) is 20.3 Å². The highest BCUT2D eigenvalue weighted by atomic mass is 31.0. The topological polar surface area (TPSA) is 0 Å². The zero-order valence-corrected chi connectivity index (χ0v) is 7.83. The van der Waals surface area contributed by atoms with Crippen molar-refractivity contribution in [2.45, 2.75) is 20.3 Å². The van der Waals surface area contributed by atoms with Gasteiger partial charge in [0, 0.05) is 0 Å². The highest BCUT2D eigenvalue weighted by molar-refractivity contribution is 7.27. The Morgan fingerprint density at radius 3 is 1.70 bits per heavy atom. The lowest BCUT2D eigenvalue weighted by atomic mass is 10.4. The van der Waals surface area contributed by atoms with Crippen LogP contribution in [0.3, 0.4) is 0 Å². The minimum absolute atomic E-state index is 1.24. The molecule has 0 bridgehead atoms. The first-order chi connectivity index (χ1) is 4.81. The molecule has 1 unspecified atom stereocenters. The van der Waals surface area contributed by atoms with Gasteiger partial charge in [-0.3, -0.25) is 0 Å². The van der Waals surface area contributed by atoms with Gasteiger partial charge in [-0.25, -0.2) is 0 Å². The lowest BCUT2D eigenvalue weighted by Crippen LogP contribution is -1.82. The molecule has 0 aliphatic heterocycles. The zero-order valence-electron chi connectivity index (χ0n) is 6.67. The molecular weight excluding hydrogens is 139 g/mol. The first-order valence-corrected chi connectivity index (χ1v) is 4.19. The number of hydrogen-bond donors (Lipinski definition) is 0. The summed E-state index contributed by atoms with van der Waals surface area (Å²) in [5.41, 5.74) is 0. The monoisotopic (exact) mass is 154 g/mol. The third kappa shape index (κ3) is 5.78. The van der Waals surface area contributed by atoms with Crippen molar-refractivity contribution in [2.75, 3.05) is 0 Å². The number of benzene rings is 1. The number of rotatable bonds is 0. The maximum Gasteiger partial charge on any atom is -0.0303 e. The van der Waals surface area contributed by atoms with Crippen LogP contribution in [0.15, 0.2) is 30.3 Å². The van der Waals surface area contributed by atoms with Crippen LogP contribution in [-0.2, 0) is 0 Å². The van der Waals surface area contributed by atoms with Gasteiger partial charge in [-0.1, -0.05) is 50.6 Å². The summed E-state index contributed by atoms with van der Waals surface area (Å²) in [4.78, 5) is 0. The summed E-state index contributed by atoms with van der Waals surface area (Å²) in [7, 11) is 2.63. The van der Waals surface area contributed by atoms with E-state index in [4.69, 9.17) is 0 Å². The van der Waals surface area contributed by atoms with Gasteiger partial charge in [0.25, 0.3) is 0 Å². The largest absolute Gasteiger partial charge is 0.106 e. The van der Waals surface area contributed by atoms with Gasteiger partial charge in [0.15, 0.2) is 0 Å². The van der Waals surface area contributed by atoms with Crippen LogP contribution in [0.5, 0.6) is 0 Å². The fourth-order valence-electron chi connectivity index (χ4n) is 0.453. The summed E-state index contributed by atoms with van der Waals surface area (Å²) in [5.74, 6) is 0. The molecule has 1 rings (SSSR count). The van der Waals surface area contributed by atoms with Crippen molar-refractivity contribution in [2.24, 2.45) is 0 Å². The SMILES string of the molecule is CCC.Pc1ccccc1. The van der Waals surface area contributed by atoms with Crippen LogP contribution in [0.2, 0.25) is 0 Å². The van der Waals surface area contributed by atoms with Crippen molar-refractivity contribution >= 4 is 14.5 Å². The van der Waals surface area contributed by atoms with Crippen LogP contribution in [0.25, 0.3) is 0 Å². The van der Waals surface area contributed by atoms with E-state index in [1.54, 1.807) is 0 Å². The first kappa shape index (κ1) is 9.65. The Morgan fingerprint density at radius 2 is 1.50 bits per heavy atom. The molecule has 0 spiro atoms. The molecule has 0 heterocycles. The van der Waals surface area contributed by atoms with Crippen molar-refractivity contribution in [3.8, 4) is 0 Å². The van der Waals surface area contributed by atoms with E-state index >= 15 is 0 Å². The van der Waals surface area contributed by atoms with Crippen LogP contribution >= 0.6 is 9.24 Å². The van der Waals surface area contributed by atoms with E-state index in [-0.39, 0.29) is 0 Å². The van der Waals surface area contributed by atoms with Gasteiger partial charge < -0.3 is 0 Å². The molecule has 0 amide bonds. The Hall–Kier alpha value is -0.350. The van der Waals surface area contributed by atoms with Gasteiger partial charge >= 0.3 is 0 Å². The fourth-order valence-corrected chi connectivity index (χ4v) is 0.675. The third-order valence-electron chi connectivity index (χ3n) is 0.800. The lowest BCUT2D eigenvalue weighted by molar-refractivity contribution is 1.09. The molecule has 0 aliphatic rings.